The van der Waals surface area contributed by atoms with Crippen molar-refractivity contribution < 1.29 is 13.6 Å². The molecule has 1 aromatic rings. The van der Waals surface area contributed by atoms with Gasteiger partial charge in [-0.05, 0) is 11.5 Å². The van der Waals surface area contributed by atoms with E-state index in [0.717, 1.165) is 16.4 Å². The number of nitrogens with zero attached hydrogens (tertiary/aromatic N) is 3. The number of hydrogen-bond donors (Lipinski definition) is 0. The number of aromatic nitrogens is 2. The maximum Gasteiger partial charge on any atom is 0.267 e. The van der Waals surface area contributed by atoms with Gasteiger partial charge in [-0.2, -0.15) is 0 Å². The smallest absolute Gasteiger partial charge is 0.267 e. The van der Waals surface area contributed by atoms with Gasteiger partial charge in [0.15, 0.2) is 0 Å². The van der Waals surface area contributed by atoms with Crippen molar-refractivity contribution in [2.45, 2.75) is 32.6 Å². The van der Waals surface area contributed by atoms with Crippen LogP contribution in [0.4, 0.5) is 8.78 Å². The minimum atomic E-state index is -2.59. The summed E-state index contributed by atoms with van der Waals surface area (Å²) in [6, 6.07) is 0. The maximum atomic E-state index is 12.5. The Balaban J connectivity index is 3.00. The molecule has 0 aliphatic rings. The Bertz CT molecular complexity index is 434. The number of halogens is 3. The molecule has 108 valence electrons. The van der Waals surface area contributed by atoms with Gasteiger partial charge in [-0.15, -0.1) is 16.7 Å². The average molecular weight is 312 g/mol. The second-order valence-corrected chi connectivity index (χ2v) is 6.16. The summed E-state index contributed by atoms with van der Waals surface area (Å²) in [5, 5.41) is 3.93. The number of alkyl halides is 3. The Labute approximate surface area is 119 Å². The van der Waals surface area contributed by atoms with Crippen LogP contribution in [0, 0.1) is 0 Å². The fraction of sp³-hybridized carbons (Fsp3) is 0.727. The molecule has 1 aromatic heterocycles. The second-order valence-electron chi connectivity index (χ2n) is 5.03. The van der Waals surface area contributed by atoms with Crippen LogP contribution in [-0.2, 0) is 5.41 Å². The van der Waals surface area contributed by atoms with Crippen LogP contribution in [0.5, 0.6) is 0 Å². The monoisotopic (exact) mass is 311 g/mol. The molecule has 0 aliphatic heterocycles. The lowest BCUT2D eigenvalue weighted by atomic mass is 9.91. The van der Waals surface area contributed by atoms with Gasteiger partial charge in [0.25, 0.3) is 12.3 Å². The highest BCUT2D eigenvalue weighted by Gasteiger charge is 2.29. The Morgan fingerprint density at radius 1 is 1.47 bits per heavy atom. The zero-order valence-corrected chi connectivity index (χ0v) is 12.6. The molecule has 0 aromatic carbocycles. The van der Waals surface area contributed by atoms with Gasteiger partial charge in [-0.25, -0.2) is 8.78 Å². The van der Waals surface area contributed by atoms with Gasteiger partial charge in [0.1, 0.15) is 4.88 Å². The van der Waals surface area contributed by atoms with Crippen molar-refractivity contribution in [2.24, 2.45) is 0 Å². The Kier molecular flexibility index (Phi) is 5.61. The molecule has 0 radical (unpaired) electrons. The Morgan fingerprint density at radius 2 is 2.11 bits per heavy atom. The number of amides is 1. The summed E-state index contributed by atoms with van der Waals surface area (Å²) in [6.07, 6.45) is -2.59. The second kappa shape index (κ2) is 6.56. The molecule has 0 N–H and O–H groups in total. The standard InChI is InChI=1S/C11H16ClF2N3OS/c1-11(2,3)9-8(19-16-15-9)10(18)17(5-4-12)6-7(13)14/h7H,4-6H2,1-3H3. The van der Waals surface area contributed by atoms with Crippen molar-refractivity contribution in [3.8, 4) is 0 Å². The van der Waals surface area contributed by atoms with Crippen molar-refractivity contribution in [3.63, 3.8) is 0 Å². The summed E-state index contributed by atoms with van der Waals surface area (Å²) in [5.74, 6) is -0.379. The Morgan fingerprint density at radius 3 is 2.58 bits per heavy atom. The number of hydrogen-bond acceptors (Lipinski definition) is 4. The van der Waals surface area contributed by atoms with Crippen LogP contribution in [-0.4, -0.2) is 45.8 Å². The highest BCUT2D eigenvalue weighted by atomic mass is 35.5. The van der Waals surface area contributed by atoms with Gasteiger partial charge < -0.3 is 4.90 Å². The quantitative estimate of drug-likeness (QED) is 0.786. The molecular formula is C11H16ClF2N3OS. The largest absolute Gasteiger partial charge is 0.331 e. The number of rotatable bonds is 5. The van der Waals surface area contributed by atoms with E-state index in [0.29, 0.717) is 10.6 Å². The van der Waals surface area contributed by atoms with E-state index in [1.165, 1.54) is 0 Å². The van der Waals surface area contributed by atoms with Gasteiger partial charge in [0.05, 0.1) is 12.2 Å². The highest BCUT2D eigenvalue weighted by Crippen LogP contribution is 2.27. The van der Waals surface area contributed by atoms with E-state index in [4.69, 9.17) is 11.6 Å². The van der Waals surface area contributed by atoms with E-state index in [-0.39, 0.29) is 17.8 Å². The van der Waals surface area contributed by atoms with Gasteiger partial charge in [0, 0.05) is 17.8 Å². The van der Waals surface area contributed by atoms with Gasteiger partial charge >= 0.3 is 0 Å². The lowest BCUT2D eigenvalue weighted by molar-refractivity contribution is 0.0573. The maximum absolute atomic E-state index is 12.5. The van der Waals surface area contributed by atoms with Crippen LogP contribution in [0.2, 0.25) is 0 Å². The molecule has 4 nitrogen and oxygen atoms in total. The van der Waals surface area contributed by atoms with Crippen LogP contribution >= 0.6 is 23.1 Å². The summed E-state index contributed by atoms with van der Waals surface area (Å²) < 4.78 is 28.7. The molecule has 8 heteroatoms. The summed E-state index contributed by atoms with van der Waals surface area (Å²) >= 11 is 6.47. The first kappa shape index (κ1) is 16.2. The molecule has 1 amide bonds. The van der Waals surface area contributed by atoms with Crippen molar-refractivity contribution in [1.82, 2.24) is 14.5 Å². The predicted octanol–water partition coefficient (Wildman–Crippen LogP) is 2.78. The molecule has 0 aliphatic carbocycles. The molecule has 1 rings (SSSR count). The molecule has 0 atom stereocenters. The van der Waals surface area contributed by atoms with Crippen LogP contribution < -0.4 is 0 Å². The molecule has 0 saturated heterocycles. The first-order valence-electron chi connectivity index (χ1n) is 5.73. The average Bonchev–Trinajstić information content (AvgIpc) is 2.75. The van der Waals surface area contributed by atoms with Gasteiger partial charge in [0.2, 0.25) is 0 Å². The van der Waals surface area contributed by atoms with Crippen molar-refractivity contribution in [1.29, 1.82) is 0 Å². The summed E-state index contributed by atoms with van der Waals surface area (Å²) in [6.45, 7) is 5.11. The third kappa shape index (κ3) is 4.35. The minimum Gasteiger partial charge on any atom is -0.331 e. The fourth-order valence-corrected chi connectivity index (χ4v) is 2.56. The Hall–Kier alpha value is -0.820. The molecule has 0 spiro atoms. The first-order valence-corrected chi connectivity index (χ1v) is 7.04. The third-order valence-electron chi connectivity index (χ3n) is 2.39. The summed E-state index contributed by atoms with van der Waals surface area (Å²) in [4.78, 5) is 13.6. The molecule has 0 saturated carbocycles. The lowest BCUT2D eigenvalue weighted by Crippen LogP contribution is -2.37. The van der Waals surface area contributed by atoms with E-state index in [1.807, 2.05) is 20.8 Å². The topological polar surface area (TPSA) is 46.1 Å². The normalized spacial score (nSPS) is 11.9. The highest BCUT2D eigenvalue weighted by molar-refractivity contribution is 7.08. The van der Waals surface area contributed by atoms with E-state index in [1.54, 1.807) is 0 Å². The van der Waals surface area contributed by atoms with Crippen LogP contribution in [0.25, 0.3) is 0 Å². The van der Waals surface area contributed by atoms with E-state index >= 15 is 0 Å². The minimum absolute atomic E-state index is 0.0756. The number of carbonyl (C=O) groups is 1. The first-order chi connectivity index (χ1) is 8.77. The fourth-order valence-electron chi connectivity index (χ4n) is 1.51. The van der Waals surface area contributed by atoms with E-state index in [2.05, 4.69) is 9.59 Å². The van der Waals surface area contributed by atoms with E-state index < -0.39 is 18.9 Å². The molecule has 1 heterocycles. The van der Waals surface area contributed by atoms with Crippen molar-refractivity contribution in [3.05, 3.63) is 10.6 Å². The van der Waals surface area contributed by atoms with Crippen LogP contribution in [0.1, 0.15) is 36.1 Å². The van der Waals surface area contributed by atoms with Gasteiger partial charge in [-0.1, -0.05) is 25.3 Å². The summed E-state index contributed by atoms with van der Waals surface area (Å²) in [5.41, 5.74) is 0.159. The molecular weight excluding hydrogens is 296 g/mol. The van der Waals surface area contributed by atoms with E-state index in [9.17, 15) is 13.6 Å². The molecule has 0 fully saturated rings. The zero-order chi connectivity index (χ0) is 14.6. The SMILES string of the molecule is CC(C)(C)c1nnsc1C(=O)N(CCCl)CC(F)F. The van der Waals surface area contributed by atoms with Crippen molar-refractivity contribution >= 4 is 29.0 Å². The van der Waals surface area contributed by atoms with Gasteiger partial charge in [-0.3, -0.25) is 4.79 Å². The van der Waals surface area contributed by atoms with Crippen molar-refractivity contribution in [2.75, 3.05) is 19.0 Å². The molecule has 0 unspecified atom stereocenters. The van der Waals surface area contributed by atoms with Crippen LogP contribution in [0.15, 0.2) is 0 Å². The lowest BCUT2D eigenvalue weighted by Gasteiger charge is -2.22. The summed E-state index contributed by atoms with van der Waals surface area (Å²) in [7, 11) is 0. The van der Waals surface area contributed by atoms with Crippen LogP contribution in [0.3, 0.4) is 0 Å². The molecule has 19 heavy (non-hydrogen) atoms. The molecule has 0 bridgehead atoms. The third-order valence-corrected chi connectivity index (χ3v) is 3.28. The zero-order valence-electron chi connectivity index (χ0n) is 11.0. The number of carbonyl (C=O) groups excluding carboxylic acids is 1. The predicted molar refractivity (Wildman–Crippen MR) is 71.2 cm³/mol.